The van der Waals surface area contributed by atoms with Gasteiger partial charge in [0.1, 0.15) is 0 Å². The largest absolute Gasteiger partial charge is 0.351 e. The van der Waals surface area contributed by atoms with Gasteiger partial charge in [-0.05, 0) is 18.2 Å². The van der Waals surface area contributed by atoms with Gasteiger partial charge in [0.05, 0.1) is 23.6 Å². The molecule has 0 radical (unpaired) electrons. The van der Waals surface area contributed by atoms with Gasteiger partial charge in [-0.1, -0.05) is 6.07 Å². The quantitative estimate of drug-likeness (QED) is 0.859. The van der Waals surface area contributed by atoms with Crippen LogP contribution in [-0.4, -0.2) is 20.7 Å². The van der Waals surface area contributed by atoms with E-state index in [1.165, 1.54) is 6.92 Å². The summed E-state index contributed by atoms with van der Waals surface area (Å²) in [6.45, 7) is 1.93. The zero-order valence-corrected chi connectivity index (χ0v) is 9.84. The average Bonchev–Trinajstić information content (AvgIpc) is 2.69. The molecule has 2 aromatic heterocycles. The van der Waals surface area contributed by atoms with Crippen LogP contribution in [0.4, 0.5) is 0 Å². The Bertz CT molecular complexity index is 519. The first kappa shape index (κ1) is 11.3. The topological polar surface area (TPSA) is 59.8 Å². The number of rotatable bonds is 3. The second-order valence-electron chi connectivity index (χ2n) is 3.77. The fourth-order valence-corrected chi connectivity index (χ4v) is 1.58. The van der Waals surface area contributed by atoms with Crippen LogP contribution in [0.25, 0.3) is 11.4 Å². The maximum Gasteiger partial charge on any atom is 0.217 e. The van der Waals surface area contributed by atoms with Crippen LogP contribution >= 0.6 is 0 Å². The van der Waals surface area contributed by atoms with E-state index in [9.17, 15) is 4.79 Å². The highest BCUT2D eigenvalue weighted by Gasteiger charge is 2.08. The molecule has 17 heavy (non-hydrogen) atoms. The lowest BCUT2D eigenvalue weighted by atomic mass is 10.2. The molecule has 0 saturated carbocycles. The van der Waals surface area contributed by atoms with Gasteiger partial charge in [-0.25, -0.2) is 0 Å². The first-order valence-electron chi connectivity index (χ1n) is 5.35. The number of pyridine rings is 1. The summed E-state index contributed by atoms with van der Waals surface area (Å²) in [6.07, 6.45) is 1.75. The summed E-state index contributed by atoms with van der Waals surface area (Å²) in [5.74, 6) is -0.0601. The van der Waals surface area contributed by atoms with Crippen molar-refractivity contribution in [2.45, 2.75) is 13.5 Å². The van der Waals surface area contributed by atoms with Crippen LogP contribution in [0.5, 0.6) is 0 Å². The first-order chi connectivity index (χ1) is 8.16. The second-order valence-corrected chi connectivity index (χ2v) is 3.77. The lowest BCUT2D eigenvalue weighted by molar-refractivity contribution is -0.119. The van der Waals surface area contributed by atoms with E-state index in [-0.39, 0.29) is 5.91 Å². The summed E-state index contributed by atoms with van der Waals surface area (Å²) in [4.78, 5) is 15.1. The second kappa shape index (κ2) is 4.78. The molecule has 0 bridgehead atoms. The summed E-state index contributed by atoms with van der Waals surface area (Å²) >= 11 is 0. The summed E-state index contributed by atoms with van der Waals surface area (Å²) in [7, 11) is 1.86. The molecule has 0 fully saturated rings. The molecule has 1 amide bonds. The lowest BCUT2D eigenvalue weighted by Gasteiger charge is -1.98. The van der Waals surface area contributed by atoms with Crippen molar-refractivity contribution in [2.24, 2.45) is 7.05 Å². The minimum absolute atomic E-state index is 0.0601. The molecule has 88 valence electrons. The number of aryl methyl sites for hydroxylation is 1. The number of carbonyl (C=O) groups excluding carboxylic acids is 1. The molecule has 5 nitrogen and oxygen atoms in total. The molecule has 2 aromatic rings. The Balaban J connectivity index is 2.22. The van der Waals surface area contributed by atoms with E-state index in [0.29, 0.717) is 6.54 Å². The van der Waals surface area contributed by atoms with Crippen LogP contribution in [0, 0.1) is 0 Å². The van der Waals surface area contributed by atoms with Gasteiger partial charge >= 0.3 is 0 Å². The van der Waals surface area contributed by atoms with Gasteiger partial charge < -0.3 is 5.32 Å². The van der Waals surface area contributed by atoms with E-state index < -0.39 is 0 Å². The average molecular weight is 230 g/mol. The predicted molar refractivity (Wildman–Crippen MR) is 64.0 cm³/mol. The molecular formula is C12H14N4O. The van der Waals surface area contributed by atoms with E-state index in [1.807, 2.05) is 31.3 Å². The number of hydrogen-bond donors (Lipinski definition) is 1. The fraction of sp³-hybridized carbons (Fsp3) is 0.250. The highest BCUT2D eigenvalue weighted by Crippen LogP contribution is 2.16. The molecule has 0 saturated heterocycles. The van der Waals surface area contributed by atoms with Crippen LogP contribution in [0.3, 0.4) is 0 Å². The van der Waals surface area contributed by atoms with E-state index in [1.54, 1.807) is 10.9 Å². The number of nitrogens with one attached hydrogen (secondary N) is 1. The summed E-state index contributed by atoms with van der Waals surface area (Å²) in [5, 5.41) is 7.04. The zero-order valence-electron chi connectivity index (χ0n) is 9.84. The molecule has 0 aromatic carbocycles. The SMILES string of the molecule is CC(=O)NCc1cc(-c2ccccn2)n(C)n1. The molecule has 0 spiro atoms. The maximum atomic E-state index is 10.8. The van der Waals surface area contributed by atoms with Crippen molar-refractivity contribution in [2.75, 3.05) is 0 Å². The lowest BCUT2D eigenvalue weighted by Crippen LogP contribution is -2.19. The molecule has 0 unspecified atom stereocenters. The molecule has 1 N–H and O–H groups in total. The van der Waals surface area contributed by atoms with Crippen LogP contribution in [0.15, 0.2) is 30.5 Å². The van der Waals surface area contributed by atoms with Crippen molar-refractivity contribution in [3.63, 3.8) is 0 Å². The molecule has 0 atom stereocenters. The van der Waals surface area contributed by atoms with Crippen molar-refractivity contribution in [1.29, 1.82) is 0 Å². The number of hydrogen-bond acceptors (Lipinski definition) is 3. The Hall–Kier alpha value is -2.17. The smallest absolute Gasteiger partial charge is 0.217 e. The molecule has 0 aliphatic heterocycles. The van der Waals surface area contributed by atoms with Crippen molar-refractivity contribution < 1.29 is 4.79 Å². The molecule has 2 rings (SSSR count). The van der Waals surface area contributed by atoms with E-state index in [2.05, 4.69) is 15.4 Å². The van der Waals surface area contributed by atoms with E-state index in [4.69, 9.17) is 0 Å². The third kappa shape index (κ3) is 2.69. The van der Waals surface area contributed by atoms with Crippen molar-refractivity contribution >= 4 is 5.91 Å². The van der Waals surface area contributed by atoms with Crippen molar-refractivity contribution in [1.82, 2.24) is 20.1 Å². The molecule has 5 heteroatoms. The summed E-state index contributed by atoms with van der Waals surface area (Å²) < 4.78 is 1.76. The van der Waals surface area contributed by atoms with E-state index in [0.717, 1.165) is 17.1 Å². The Kier molecular flexibility index (Phi) is 3.18. The number of carbonyl (C=O) groups is 1. The fourth-order valence-electron chi connectivity index (χ4n) is 1.58. The van der Waals surface area contributed by atoms with Gasteiger partial charge in [0.15, 0.2) is 0 Å². The van der Waals surface area contributed by atoms with Crippen LogP contribution in [0.2, 0.25) is 0 Å². The Labute approximate surface area is 99.5 Å². The summed E-state index contributed by atoms with van der Waals surface area (Å²) in [6, 6.07) is 7.67. The predicted octanol–water partition coefficient (Wildman–Crippen LogP) is 1.12. The van der Waals surface area contributed by atoms with Gasteiger partial charge in [-0.2, -0.15) is 5.10 Å². The van der Waals surface area contributed by atoms with Gasteiger partial charge in [0.25, 0.3) is 0 Å². The van der Waals surface area contributed by atoms with Crippen molar-refractivity contribution in [3.05, 3.63) is 36.2 Å². The van der Waals surface area contributed by atoms with Crippen molar-refractivity contribution in [3.8, 4) is 11.4 Å². The monoisotopic (exact) mass is 230 g/mol. The number of nitrogens with zero attached hydrogens (tertiary/aromatic N) is 3. The molecule has 2 heterocycles. The number of amides is 1. The van der Waals surface area contributed by atoms with Gasteiger partial charge in [-0.15, -0.1) is 0 Å². The minimum Gasteiger partial charge on any atom is -0.351 e. The van der Waals surface area contributed by atoms with E-state index >= 15 is 0 Å². The zero-order chi connectivity index (χ0) is 12.3. The Morgan fingerprint density at radius 3 is 2.94 bits per heavy atom. The number of aromatic nitrogens is 3. The minimum atomic E-state index is -0.0601. The summed E-state index contributed by atoms with van der Waals surface area (Å²) in [5.41, 5.74) is 2.63. The highest BCUT2D eigenvalue weighted by atomic mass is 16.1. The standard InChI is InChI=1S/C12H14N4O/c1-9(17)14-8-10-7-12(16(2)15-10)11-5-3-4-6-13-11/h3-7H,8H2,1-2H3,(H,14,17). The van der Waals surface area contributed by atoms with Crippen LogP contribution < -0.4 is 5.32 Å². The van der Waals surface area contributed by atoms with Crippen LogP contribution in [-0.2, 0) is 18.4 Å². The molecule has 0 aliphatic carbocycles. The van der Waals surface area contributed by atoms with Gasteiger partial charge in [0, 0.05) is 20.2 Å². The van der Waals surface area contributed by atoms with Gasteiger partial charge in [-0.3, -0.25) is 14.5 Å². The van der Waals surface area contributed by atoms with Crippen LogP contribution in [0.1, 0.15) is 12.6 Å². The third-order valence-corrected chi connectivity index (χ3v) is 2.38. The first-order valence-corrected chi connectivity index (χ1v) is 5.35. The third-order valence-electron chi connectivity index (χ3n) is 2.38. The maximum absolute atomic E-state index is 10.8. The molecular weight excluding hydrogens is 216 g/mol. The van der Waals surface area contributed by atoms with Gasteiger partial charge in [0.2, 0.25) is 5.91 Å². The Morgan fingerprint density at radius 2 is 2.29 bits per heavy atom. The molecule has 0 aliphatic rings. The normalized spacial score (nSPS) is 10.2. The Morgan fingerprint density at radius 1 is 1.47 bits per heavy atom. The highest BCUT2D eigenvalue weighted by molar-refractivity contribution is 5.72.